The normalized spacial score (nSPS) is 15.7. The number of carbonyl (C=O) groups is 1. The van der Waals surface area contributed by atoms with Crippen molar-refractivity contribution in [1.29, 1.82) is 0 Å². The molecule has 3 aromatic rings. The second kappa shape index (κ2) is 9.55. The van der Waals surface area contributed by atoms with E-state index < -0.39 is 5.69 Å². The number of benzene rings is 2. The molecule has 1 aromatic heterocycles. The second-order valence-electron chi connectivity index (χ2n) is 8.42. The Morgan fingerprint density at radius 1 is 1.09 bits per heavy atom. The minimum atomic E-state index is -0.496. The van der Waals surface area contributed by atoms with Gasteiger partial charge in [-0.05, 0) is 60.5 Å². The average Bonchev–Trinajstić information content (AvgIpc) is 2.90. The lowest BCUT2D eigenvalue weighted by molar-refractivity contribution is 0.0676. The zero-order valence-corrected chi connectivity index (χ0v) is 19.3. The summed E-state index contributed by atoms with van der Waals surface area (Å²) in [5.41, 5.74) is 3.10. The number of hydrogen-bond donors (Lipinski definition) is 2. The van der Waals surface area contributed by atoms with Crippen molar-refractivity contribution in [3.05, 3.63) is 82.4 Å². The largest absolute Gasteiger partial charge is 0.508 e. The standard InChI is InChI=1S/C26H25N5O4/c1-17-13-19(5-6-23(17)32)22-15-21(28-26(34)29-22)18-3-2-4-20(14-18)25(33)31-8-7-24(27-16-31)30-9-11-35-12-10-30/h2-8,13-15,32H,9-12,16H2,1H3,(H,28,29,34). The number of nitrogens with one attached hydrogen (secondary N) is 1. The molecule has 9 heteroatoms. The number of carbonyl (C=O) groups excluding carboxylic acids is 1. The zero-order valence-electron chi connectivity index (χ0n) is 19.3. The van der Waals surface area contributed by atoms with Crippen molar-refractivity contribution in [1.82, 2.24) is 19.8 Å². The van der Waals surface area contributed by atoms with Crippen LogP contribution in [0.4, 0.5) is 0 Å². The minimum Gasteiger partial charge on any atom is -0.508 e. The fraction of sp³-hybridized carbons (Fsp3) is 0.231. The van der Waals surface area contributed by atoms with Crippen LogP contribution in [-0.4, -0.2) is 69.6 Å². The summed E-state index contributed by atoms with van der Waals surface area (Å²) in [6, 6.07) is 13.9. The van der Waals surface area contributed by atoms with Crippen LogP contribution in [0.1, 0.15) is 15.9 Å². The van der Waals surface area contributed by atoms with Crippen LogP contribution >= 0.6 is 0 Å². The molecule has 0 aliphatic carbocycles. The molecule has 2 aliphatic rings. The molecular formula is C26H25N5O4. The number of aromatic hydroxyl groups is 1. The Kier molecular flexibility index (Phi) is 6.15. The average molecular weight is 472 g/mol. The van der Waals surface area contributed by atoms with E-state index in [0.717, 1.165) is 24.5 Å². The number of H-pyrrole nitrogens is 1. The predicted octanol–water partition coefficient (Wildman–Crippen LogP) is 2.78. The number of aliphatic imine (C=N–C) groups is 1. The van der Waals surface area contributed by atoms with E-state index in [-0.39, 0.29) is 18.3 Å². The van der Waals surface area contributed by atoms with Gasteiger partial charge in [0.1, 0.15) is 18.3 Å². The maximum Gasteiger partial charge on any atom is 0.345 e. The number of ether oxygens (including phenoxy) is 1. The van der Waals surface area contributed by atoms with Crippen molar-refractivity contribution in [3.8, 4) is 28.3 Å². The molecule has 1 amide bonds. The molecule has 35 heavy (non-hydrogen) atoms. The number of amides is 1. The molecular weight excluding hydrogens is 446 g/mol. The Labute approximate surface area is 202 Å². The molecule has 0 radical (unpaired) electrons. The topological polar surface area (TPSA) is 111 Å². The highest BCUT2D eigenvalue weighted by Gasteiger charge is 2.20. The van der Waals surface area contributed by atoms with Crippen molar-refractivity contribution < 1.29 is 14.6 Å². The first-order valence-corrected chi connectivity index (χ1v) is 11.4. The van der Waals surface area contributed by atoms with E-state index in [9.17, 15) is 14.7 Å². The van der Waals surface area contributed by atoms with Gasteiger partial charge in [-0.2, -0.15) is 4.98 Å². The fourth-order valence-electron chi connectivity index (χ4n) is 4.10. The zero-order chi connectivity index (χ0) is 24.4. The number of aryl methyl sites for hydroxylation is 1. The lowest BCUT2D eigenvalue weighted by Crippen LogP contribution is -2.42. The highest BCUT2D eigenvalue weighted by Crippen LogP contribution is 2.26. The number of aromatic amines is 1. The fourth-order valence-corrected chi connectivity index (χ4v) is 4.10. The summed E-state index contributed by atoms with van der Waals surface area (Å²) in [7, 11) is 0. The van der Waals surface area contributed by atoms with Gasteiger partial charge in [0.05, 0.1) is 24.6 Å². The summed E-state index contributed by atoms with van der Waals surface area (Å²) in [5.74, 6) is 0.854. The molecule has 5 rings (SSSR count). The van der Waals surface area contributed by atoms with Gasteiger partial charge in [-0.1, -0.05) is 12.1 Å². The molecule has 0 saturated carbocycles. The number of morpholine rings is 1. The Morgan fingerprint density at radius 2 is 1.91 bits per heavy atom. The van der Waals surface area contributed by atoms with Gasteiger partial charge in [0.2, 0.25) is 0 Å². The minimum absolute atomic E-state index is 0.185. The van der Waals surface area contributed by atoms with Crippen molar-refractivity contribution in [2.24, 2.45) is 4.99 Å². The Bertz CT molecular complexity index is 1390. The van der Waals surface area contributed by atoms with Crippen molar-refractivity contribution in [2.45, 2.75) is 6.92 Å². The van der Waals surface area contributed by atoms with Crippen molar-refractivity contribution in [3.63, 3.8) is 0 Å². The number of hydrogen-bond acceptors (Lipinski definition) is 7. The van der Waals surface area contributed by atoms with Crippen molar-refractivity contribution in [2.75, 3.05) is 33.0 Å². The number of amidine groups is 1. The molecule has 9 nitrogen and oxygen atoms in total. The third-order valence-electron chi connectivity index (χ3n) is 6.04. The molecule has 0 spiro atoms. The number of phenols is 1. The highest BCUT2D eigenvalue weighted by molar-refractivity contribution is 5.99. The first kappa shape index (κ1) is 22.5. The van der Waals surface area contributed by atoms with Gasteiger partial charge < -0.3 is 19.7 Å². The Morgan fingerprint density at radius 3 is 2.66 bits per heavy atom. The highest BCUT2D eigenvalue weighted by atomic mass is 16.5. The van der Waals surface area contributed by atoms with E-state index in [0.29, 0.717) is 41.3 Å². The van der Waals surface area contributed by atoms with Gasteiger partial charge in [0, 0.05) is 30.4 Å². The summed E-state index contributed by atoms with van der Waals surface area (Å²) in [6.45, 7) is 4.94. The van der Waals surface area contributed by atoms with Crippen LogP contribution in [0.5, 0.6) is 5.75 Å². The Hall–Kier alpha value is -4.24. The van der Waals surface area contributed by atoms with Crippen LogP contribution < -0.4 is 5.69 Å². The van der Waals surface area contributed by atoms with Crippen LogP contribution in [0.3, 0.4) is 0 Å². The maximum atomic E-state index is 13.2. The number of aromatic nitrogens is 2. The number of rotatable bonds is 3. The quantitative estimate of drug-likeness (QED) is 0.608. The third-order valence-corrected chi connectivity index (χ3v) is 6.04. The molecule has 2 aliphatic heterocycles. The molecule has 178 valence electrons. The maximum absolute atomic E-state index is 13.2. The Balaban J connectivity index is 1.37. The molecule has 1 fully saturated rings. The molecule has 2 aromatic carbocycles. The summed E-state index contributed by atoms with van der Waals surface area (Å²) in [4.78, 5) is 40.6. The van der Waals surface area contributed by atoms with Crippen LogP contribution in [0.25, 0.3) is 22.5 Å². The van der Waals surface area contributed by atoms with Crippen LogP contribution in [0.15, 0.2) is 70.6 Å². The summed E-state index contributed by atoms with van der Waals surface area (Å²) in [5, 5.41) is 9.81. The SMILES string of the molecule is Cc1cc(-c2cc(-c3cccc(C(=O)N4C=CC(N5CCOCC5)=NC4)c3)nc(=O)[nH]2)ccc1O. The first-order valence-electron chi connectivity index (χ1n) is 11.4. The lowest BCUT2D eigenvalue weighted by atomic mass is 10.0. The van der Waals surface area contributed by atoms with Crippen molar-refractivity contribution >= 4 is 11.7 Å². The molecule has 0 bridgehead atoms. The van der Waals surface area contributed by atoms with Gasteiger partial charge in [-0.3, -0.25) is 9.69 Å². The molecule has 0 atom stereocenters. The number of phenolic OH excluding ortho intramolecular Hbond substituents is 1. The van der Waals surface area contributed by atoms with E-state index >= 15 is 0 Å². The van der Waals surface area contributed by atoms with Gasteiger partial charge in [-0.15, -0.1) is 0 Å². The second-order valence-corrected chi connectivity index (χ2v) is 8.42. The third kappa shape index (κ3) is 4.85. The van der Waals surface area contributed by atoms with Crippen LogP contribution in [0.2, 0.25) is 0 Å². The van der Waals surface area contributed by atoms with Gasteiger partial charge >= 0.3 is 5.69 Å². The van der Waals surface area contributed by atoms with Gasteiger partial charge in [-0.25, -0.2) is 9.79 Å². The molecule has 2 N–H and O–H groups in total. The van der Waals surface area contributed by atoms with E-state index in [1.807, 2.05) is 12.1 Å². The van der Waals surface area contributed by atoms with E-state index in [1.54, 1.807) is 60.5 Å². The van der Waals surface area contributed by atoms with Crippen LogP contribution in [0, 0.1) is 6.92 Å². The summed E-state index contributed by atoms with van der Waals surface area (Å²) < 4.78 is 5.38. The molecule has 3 heterocycles. The summed E-state index contributed by atoms with van der Waals surface area (Å²) in [6.07, 6.45) is 3.60. The van der Waals surface area contributed by atoms with Crippen LogP contribution in [-0.2, 0) is 4.74 Å². The van der Waals surface area contributed by atoms with Gasteiger partial charge in [0.25, 0.3) is 5.91 Å². The molecule has 0 unspecified atom stereocenters. The monoisotopic (exact) mass is 471 g/mol. The lowest BCUT2D eigenvalue weighted by Gasteiger charge is -2.31. The first-order chi connectivity index (χ1) is 17.0. The molecule has 1 saturated heterocycles. The smallest absolute Gasteiger partial charge is 0.345 e. The number of nitrogens with zero attached hydrogens (tertiary/aromatic N) is 4. The van der Waals surface area contributed by atoms with E-state index in [4.69, 9.17) is 4.74 Å². The van der Waals surface area contributed by atoms with E-state index in [2.05, 4.69) is 19.9 Å². The summed E-state index contributed by atoms with van der Waals surface area (Å²) >= 11 is 0. The van der Waals surface area contributed by atoms with Gasteiger partial charge in [0.15, 0.2) is 0 Å². The predicted molar refractivity (Wildman–Crippen MR) is 132 cm³/mol. The van der Waals surface area contributed by atoms with E-state index in [1.165, 1.54) is 0 Å².